The Balaban J connectivity index is 2.12. The number of ether oxygens (including phenoxy) is 1. The normalized spacial score (nSPS) is 31.3. The predicted octanol–water partition coefficient (Wildman–Crippen LogP) is 2.11. The Hall–Kier alpha value is -1.26. The summed E-state index contributed by atoms with van der Waals surface area (Å²) >= 11 is 0. The molecule has 18 heavy (non-hydrogen) atoms. The molecule has 1 aliphatic carbocycles. The number of hydrogen-bond donors (Lipinski definition) is 1. The van der Waals surface area contributed by atoms with E-state index >= 15 is 0 Å². The SMILES string of the molecule is CC(C)(C)OC(=O)N1CC2CCCC2[C@H]1C(=O)O. The van der Waals surface area contributed by atoms with E-state index in [1.807, 2.05) is 0 Å². The molecule has 3 atom stereocenters. The number of likely N-dealkylation sites (tertiary alicyclic amines) is 1. The molecule has 2 fully saturated rings. The number of nitrogens with zero attached hydrogens (tertiary/aromatic N) is 1. The average molecular weight is 255 g/mol. The number of carboxylic acid groups (broad SMARTS) is 1. The van der Waals surface area contributed by atoms with E-state index in [2.05, 4.69) is 0 Å². The summed E-state index contributed by atoms with van der Waals surface area (Å²) in [5.74, 6) is -0.469. The first-order chi connectivity index (χ1) is 8.29. The molecule has 1 amide bonds. The van der Waals surface area contributed by atoms with Crippen molar-refractivity contribution in [2.75, 3.05) is 6.54 Å². The van der Waals surface area contributed by atoms with Crippen LogP contribution in [0, 0.1) is 11.8 Å². The largest absolute Gasteiger partial charge is 0.480 e. The highest BCUT2D eigenvalue weighted by Gasteiger charge is 2.50. The second-order valence-corrected chi connectivity index (χ2v) is 6.27. The first kappa shape index (κ1) is 13.2. The maximum Gasteiger partial charge on any atom is 0.411 e. The molecule has 0 radical (unpaired) electrons. The number of carbonyl (C=O) groups is 2. The Morgan fingerprint density at radius 2 is 1.94 bits per heavy atom. The Morgan fingerprint density at radius 1 is 1.28 bits per heavy atom. The minimum atomic E-state index is -0.907. The zero-order valence-electron chi connectivity index (χ0n) is 11.2. The third-order valence-electron chi connectivity index (χ3n) is 3.77. The van der Waals surface area contributed by atoms with E-state index < -0.39 is 23.7 Å². The van der Waals surface area contributed by atoms with E-state index in [0.29, 0.717) is 12.5 Å². The van der Waals surface area contributed by atoms with Crippen molar-refractivity contribution in [1.29, 1.82) is 0 Å². The average Bonchev–Trinajstić information content (AvgIpc) is 2.70. The number of hydrogen-bond acceptors (Lipinski definition) is 3. The van der Waals surface area contributed by atoms with Crippen molar-refractivity contribution in [2.45, 2.75) is 51.7 Å². The highest BCUT2D eigenvalue weighted by molar-refractivity contribution is 5.81. The summed E-state index contributed by atoms with van der Waals surface area (Å²) in [5, 5.41) is 9.33. The molecular formula is C13H21NO4. The van der Waals surface area contributed by atoms with Crippen LogP contribution in [0.5, 0.6) is 0 Å². The van der Waals surface area contributed by atoms with Crippen molar-refractivity contribution in [2.24, 2.45) is 11.8 Å². The Labute approximate surface area is 107 Å². The second-order valence-electron chi connectivity index (χ2n) is 6.27. The van der Waals surface area contributed by atoms with Gasteiger partial charge in [0.2, 0.25) is 0 Å². The molecule has 1 heterocycles. The van der Waals surface area contributed by atoms with Gasteiger partial charge in [-0.25, -0.2) is 9.59 Å². The van der Waals surface area contributed by atoms with Crippen molar-refractivity contribution in [1.82, 2.24) is 4.90 Å². The van der Waals surface area contributed by atoms with Crippen LogP contribution in [0.2, 0.25) is 0 Å². The molecule has 1 N–H and O–H groups in total. The van der Waals surface area contributed by atoms with Crippen LogP contribution in [0.1, 0.15) is 40.0 Å². The van der Waals surface area contributed by atoms with Gasteiger partial charge in [0, 0.05) is 6.54 Å². The lowest BCUT2D eigenvalue weighted by Gasteiger charge is -2.28. The first-order valence-electron chi connectivity index (χ1n) is 6.52. The highest BCUT2D eigenvalue weighted by Crippen LogP contribution is 2.42. The lowest BCUT2D eigenvalue weighted by molar-refractivity contribution is -0.143. The van der Waals surface area contributed by atoms with E-state index in [4.69, 9.17) is 4.74 Å². The van der Waals surface area contributed by atoms with Crippen molar-refractivity contribution < 1.29 is 19.4 Å². The summed E-state index contributed by atoms with van der Waals surface area (Å²) in [7, 11) is 0. The van der Waals surface area contributed by atoms with E-state index in [0.717, 1.165) is 19.3 Å². The van der Waals surface area contributed by atoms with Crippen LogP contribution in [-0.4, -0.2) is 40.3 Å². The number of fused-ring (bicyclic) bond motifs is 1. The minimum Gasteiger partial charge on any atom is -0.480 e. The number of aliphatic carboxylic acids is 1. The number of carbonyl (C=O) groups excluding carboxylic acids is 1. The van der Waals surface area contributed by atoms with Gasteiger partial charge in [-0.15, -0.1) is 0 Å². The molecule has 0 aromatic carbocycles. The van der Waals surface area contributed by atoms with Gasteiger partial charge >= 0.3 is 12.1 Å². The smallest absolute Gasteiger partial charge is 0.411 e. The Morgan fingerprint density at radius 3 is 2.50 bits per heavy atom. The van der Waals surface area contributed by atoms with E-state index in [-0.39, 0.29) is 5.92 Å². The number of carboxylic acids is 1. The van der Waals surface area contributed by atoms with E-state index in [1.165, 1.54) is 4.90 Å². The predicted molar refractivity (Wildman–Crippen MR) is 65.2 cm³/mol. The van der Waals surface area contributed by atoms with Gasteiger partial charge in [0.15, 0.2) is 0 Å². The third-order valence-corrected chi connectivity index (χ3v) is 3.77. The van der Waals surface area contributed by atoms with Crippen LogP contribution in [0.25, 0.3) is 0 Å². The molecule has 1 saturated heterocycles. The molecule has 5 nitrogen and oxygen atoms in total. The lowest BCUT2D eigenvalue weighted by Crippen LogP contribution is -2.45. The zero-order chi connectivity index (χ0) is 13.5. The summed E-state index contributed by atoms with van der Waals surface area (Å²) in [6.07, 6.45) is 2.50. The standard InChI is InChI=1S/C13H21NO4/c1-13(2,3)18-12(17)14-7-8-5-4-6-9(8)10(14)11(15)16/h8-10H,4-7H2,1-3H3,(H,15,16)/t8?,9?,10-/m0/s1. The van der Waals surface area contributed by atoms with Crippen LogP contribution in [0.3, 0.4) is 0 Å². The maximum atomic E-state index is 12.0. The van der Waals surface area contributed by atoms with Crippen LogP contribution in [-0.2, 0) is 9.53 Å². The van der Waals surface area contributed by atoms with Gasteiger partial charge in [0.05, 0.1) is 0 Å². The van der Waals surface area contributed by atoms with E-state index in [1.54, 1.807) is 20.8 Å². The fraction of sp³-hybridized carbons (Fsp3) is 0.846. The van der Waals surface area contributed by atoms with E-state index in [9.17, 15) is 14.7 Å². The van der Waals surface area contributed by atoms with Crippen molar-refractivity contribution >= 4 is 12.1 Å². The quantitative estimate of drug-likeness (QED) is 0.779. The molecule has 0 aromatic rings. The third kappa shape index (κ3) is 2.44. The molecule has 0 spiro atoms. The fourth-order valence-corrected chi connectivity index (χ4v) is 3.13. The van der Waals surface area contributed by atoms with Gasteiger partial charge in [0.1, 0.15) is 11.6 Å². The first-order valence-corrected chi connectivity index (χ1v) is 6.52. The van der Waals surface area contributed by atoms with Crippen molar-refractivity contribution in [3.8, 4) is 0 Å². The van der Waals surface area contributed by atoms with Gasteiger partial charge < -0.3 is 9.84 Å². The summed E-state index contributed by atoms with van der Waals surface area (Å²) in [4.78, 5) is 24.8. The van der Waals surface area contributed by atoms with Crippen LogP contribution < -0.4 is 0 Å². The molecule has 2 rings (SSSR count). The molecule has 0 aromatic heterocycles. The topological polar surface area (TPSA) is 66.8 Å². The highest BCUT2D eigenvalue weighted by atomic mass is 16.6. The molecule has 102 valence electrons. The minimum absolute atomic E-state index is 0.106. The van der Waals surface area contributed by atoms with Crippen molar-refractivity contribution in [3.05, 3.63) is 0 Å². The van der Waals surface area contributed by atoms with Gasteiger partial charge in [-0.05, 0) is 45.4 Å². The summed E-state index contributed by atoms with van der Waals surface area (Å²) < 4.78 is 5.29. The van der Waals surface area contributed by atoms with Crippen LogP contribution in [0.15, 0.2) is 0 Å². The van der Waals surface area contributed by atoms with Crippen molar-refractivity contribution in [3.63, 3.8) is 0 Å². The van der Waals surface area contributed by atoms with Gasteiger partial charge in [0.25, 0.3) is 0 Å². The number of amides is 1. The monoisotopic (exact) mass is 255 g/mol. The summed E-state index contributed by atoms with van der Waals surface area (Å²) in [6, 6.07) is -0.702. The molecule has 1 aliphatic heterocycles. The molecule has 2 unspecified atom stereocenters. The van der Waals surface area contributed by atoms with Gasteiger partial charge in [-0.1, -0.05) is 6.42 Å². The lowest BCUT2D eigenvalue weighted by atomic mass is 9.94. The second kappa shape index (κ2) is 4.44. The number of rotatable bonds is 1. The summed E-state index contributed by atoms with van der Waals surface area (Å²) in [5.41, 5.74) is -0.585. The molecule has 5 heteroatoms. The fourth-order valence-electron chi connectivity index (χ4n) is 3.13. The Bertz CT molecular complexity index is 360. The van der Waals surface area contributed by atoms with Crippen LogP contribution >= 0.6 is 0 Å². The Kier molecular flexibility index (Phi) is 3.25. The molecular weight excluding hydrogens is 234 g/mol. The summed E-state index contributed by atoms with van der Waals surface area (Å²) in [6.45, 7) is 5.89. The molecule has 0 bridgehead atoms. The van der Waals surface area contributed by atoms with Gasteiger partial charge in [-0.3, -0.25) is 4.90 Å². The molecule has 1 saturated carbocycles. The van der Waals surface area contributed by atoms with Crippen LogP contribution in [0.4, 0.5) is 4.79 Å². The maximum absolute atomic E-state index is 12.0. The zero-order valence-corrected chi connectivity index (χ0v) is 11.2. The van der Waals surface area contributed by atoms with Gasteiger partial charge in [-0.2, -0.15) is 0 Å². The molecule has 2 aliphatic rings.